The van der Waals surface area contributed by atoms with Crippen LogP contribution in [0.3, 0.4) is 0 Å². The highest BCUT2D eigenvalue weighted by Gasteiger charge is 2.35. The van der Waals surface area contributed by atoms with Crippen molar-refractivity contribution < 1.29 is 14.7 Å². The topological polar surface area (TPSA) is 83.6 Å². The number of primary amides is 1. The fourth-order valence-corrected chi connectivity index (χ4v) is 2.07. The van der Waals surface area contributed by atoms with Crippen molar-refractivity contribution in [2.24, 2.45) is 5.73 Å². The quantitative estimate of drug-likeness (QED) is 0.558. The lowest BCUT2D eigenvalue weighted by atomic mass is 10.2. The van der Waals surface area contributed by atoms with E-state index in [0.717, 1.165) is 12.2 Å². The Balaban J connectivity index is 0.000000184. The molecule has 1 unspecified atom stereocenters. The maximum atomic E-state index is 10.7. The smallest absolute Gasteiger partial charge is 0.402 e. The highest BCUT2D eigenvalue weighted by Crippen LogP contribution is 2.32. The van der Waals surface area contributed by atoms with Gasteiger partial charge in [-0.3, -0.25) is 4.79 Å². The molecule has 2 amide bonds. The first-order valence-corrected chi connectivity index (χ1v) is 4.74. The molecule has 0 radical (unpaired) electrons. The number of fused-ring (bicyclic) bond motifs is 1. The van der Waals surface area contributed by atoms with E-state index in [1.54, 1.807) is 4.90 Å². The third-order valence-electron chi connectivity index (χ3n) is 1.60. The maximum absolute atomic E-state index is 10.7. The van der Waals surface area contributed by atoms with Crippen molar-refractivity contribution in [3.63, 3.8) is 0 Å². The van der Waals surface area contributed by atoms with E-state index in [2.05, 4.69) is 5.73 Å². The van der Waals surface area contributed by atoms with E-state index in [4.69, 9.17) is 9.90 Å². The molecule has 6 heteroatoms. The van der Waals surface area contributed by atoms with E-state index in [1.807, 2.05) is 24.0 Å². The van der Waals surface area contributed by atoms with Crippen molar-refractivity contribution in [1.29, 1.82) is 0 Å². The van der Waals surface area contributed by atoms with Gasteiger partial charge in [-0.1, -0.05) is 6.08 Å². The maximum Gasteiger partial charge on any atom is 0.402 e. The van der Waals surface area contributed by atoms with E-state index >= 15 is 0 Å². The summed E-state index contributed by atoms with van der Waals surface area (Å²) in [6.07, 6.45) is 3.33. The number of β-lactam (4-membered cyclic amide) rings is 1. The molecule has 72 valence electrons. The van der Waals surface area contributed by atoms with Gasteiger partial charge in [0.2, 0.25) is 5.91 Å². The van der Waals surface area contributed by atoms with E-state index < -0.39 is 6.09 Å². The van der Waals surface area contributed by atoms with Gasteiger partial charge < -0.3 is 15.7 Å². The van der Waals surface area contributed by atoms with Gasteiger partial charge in [0, 0.05) is 12.0 Å². The zero-order valence-electron chi connectivity index (χ0n) is 6.84. The van der Waals surface area contributed by atoms with Gasteiger partial charge in [0.25, 0.3) is 0 Å². The van der Waals surface area contributed by atoms with Crippen molar-refractivity contribution in [2.45, 2.75) is 11.8 Å². The SMILES string of the molecule is NC(=O)O.O=C1CC2SCC=CN12. The van der Waals surface area contributed by atoms with Crippen LogP contribution in [0.2, 0.25) is 0 Å². The van der Waals surface area contributed by atoms with Crippen molar-refractivity contribution >= 4 is 23.8 Å². The second kappa shape index (κ2) is 4.18. The second-order valence-corrected chi connectivity index (χ2v) is 3.73. The molecular weight excluding hydrogens is 192 g/mol. The Labute approximate surface area is 79.6 Å². The molecule has 1 atom stereocenters. The van der Waals surface area contributed by atoms with Crippen LogP contribution in [-0.4, -0.2) is 33.1 Å². The molecule has 0 aromatic carbocycles. The Kier molecular flexibility index (Phi) is 3.18. The Bertz CT molecular complexity index is 250. The fraction of sp³-hybridized carbons (Fsp3) is 0.429. The van der Waals surface area contributed by atoms with E-state index in [-0.39, 0.29) is 5.91 Å². The van der Waals surface area contributed by atoms with Gasteiger partial charge in [-0.15, -0.1) is 11.8 Å². The van der Waals surface area contributed by atoms with Crippen LogP contribution in [0.4, 0.5) is 4.79 Å². The molecule has 0 saturated carbocycles. The highest BCUT2D eigenvalue weighted by atomic mass is 32.2. The number of hydrogen-bond donors (Lipinski definition) is 2. The molecule has 0 aromatic heterocycles. The molecule has 13 heavy (non-hydrogen) atoms. The van der Waals surface area contributed by atoms with Gasteiger partial charge in [-0.2, -0.15) is 0 Å². The number of carboxylic acid groups (broad SMARTS) is 1. The lowest BCUT2D eigenvalue weighted by Gasteiger charge is -2.39. The molecule has 2 heterocycles. The normalized spacial score (nSPS) is 23.8. The molecule has 5 nitrogen and oxygen atoms in total. The molecule has 0 aromatic rings. The zero-order chi connectivity index (χ0) is 9.84. The van der Waals surface area contributed by atoms with E-state index in [9.17, 15) is 4.79 Å². The monoisotopic (exact) mass is 202 g/mol. The first-order valence-electron chi connectivity index (χ1n) is 3.69. The summed E-state index contributed by atoms with van der Waals surface area (Å²) in [6, 6.07) is 0. The van der Waals surface area contributed by atoms with Crippen LogP contribution in [-0.2, 0) is 4.79 Å². The number of nitrogens with two attached hydrogens (primary N) is 1. The van der Waals surface area contributed by atoms with Gasteiger partial charge >= 0.3 is 6.09 Å². The number of nitrogens with zero attached hydrogens (tertiary/aromatic N) is 1. The van der Waals surface area contributed by atoms with Crippen molar-refractivity contribution in [3.05, 3.63) is 12.3 Å². The third-order valence-corrected chi connectivity index (χ3v) is 2.76. The number of thioether (sulfide) groups is 1. The van der Waals surface area contributed by atoms with Crippen LogP contribution in [0.15, 0.2) is 12.3 Å². The number of carbonyl (C=O) groups is 2. The average molecular weight is 202 g/mol. The third kappa shape index (κ3) is 2.66. The van der Waals surface area contributed by atoms with Crippen molar-refractivity contribution in [2.75, 3.05) is 5.75 Å². The standard InChI is InChI=1S/C6H7NOS.CH3NO2/c8-5-4-6-7(5)2-1-3-9-6;2-1(3)4/h1-2,6H,3-4H2;2H2,(H,3,4). The Morgan fingerprint density at radius 3 is 2.77 bits per heavy atom. The first kappa shape index (κ1) is 9.91. The van der Waals surface area contributed by atoms with Crippen LogP contribution < -0.4 is 5.73 Å². The molecule has 1 saturated heterocycles. The predicted octanol–water partition coefficient (Wildman–Crippen LogP) is 0.428. The minimum Gasteiger partial charge on any atom is -0.465 e. The Hall–Kier alpha value is -1.17. The minimum absolute atomic E-state index is 0.267. The number of amides is 2. The summed E-state index contributed by atoms with van der Waals surface area (Å²) in [5.74, 6) is 1.33. The van der Waals surface area contributed by atoms with Gasteiger partial charge in [-0.05, 0) is 0 Å². The van der Waals surface area contributed by atoms with Crippen LogP contribution in [0.5, 0.6) is 0 Å². The number of hydrogen-bond acceptors (Lipinski definition) is 3. The lowest BCUT2D eigenvalue weighted by molar-refractivity contribution is -0.137. The average Bonchev–Trinajstić information content (AvgIpc) is 2.02. The van der Waals surface area contributed by atoms with Gasteiger partial charge in [0.05, 0.1) is 11.8 Å². The van der Waals surface area contributed by atoms with Crippen LogP contribution in [0.25, 0.3) is 0 Å². The van der Waals surface area contributed by atoms with E-state index in [0.29, 0.717) is 5.37 Å². The predicted molar refractivity (Wildman–Crippen MR) is 49.1 cm³/mol. The molecular formula is C7H10N2O3S. The highest BCUT2D eigenvalue weighted by molar-refractivity contribution is 8.00. The summed E-state index contributed by atoms with van der Waals surface area (Å²) >= 11 is 1.84. The summed E-state index contributed by atoms with van der Waals surface area (Å²) < 4.78 is 0. The van der Waals surface area contributed by atoms with Crippen molar-refractivity contribution in [1.82, 2.24) is 4.90 Å². The second-order valence-electron chi connectivity index (χ2n) is 2.52. The number of rotatable bonds is 0. The van der Waals surface area contributed by atoms with Gasteiger partial charge in [0.15, 0.2) is 0 Å². The van der Waals surface area contributed by atoms with Gasteiger partial charge in [0.1, 0.15) is 0 Å². The molecule has 2 rings (SSSR count). The molecule has 2 aliphatic rings. The summed E-state index contributed by atoms with van der Waals surface area (Å²) in [5.41, 5.74) is 4.03. The lowest BCUT2D eigenvalue weighted by Crippen LogP contribution is -2.48. The first-order chi connectivity index (χ1) is 6.11. The molecule has 2 aliphatic heterocycles. The summed E-state index contributed by atoms with van der Waals surface area (Å²) in [4.78, 5) is 21.3. The van der Waals surface area contributed by atoms with Crippen molar-refractivity contribution in [3.8, 4) is 0 Å². The molecule has 0 aliphatic carbocycles. The number of carbonyl (C=O) groups excluding carboxylic acids is 1. The van der Waals surface area contributed by atoms with E-state index in [1.165, 1.54) is 0 Å². The Morgan fingerprint density at radius 2 is 2.38 bits per heavy atom. The summed E-state index contributed by atoms with van der Waals surface area (Å²) in [7, 11) is 0. The minimum atomic E-state index is -1.33. The molecule has 0 bridgehead atoms. The van der Waals surface area contributed by atoms with Crippen LogP contribution in [0, 0.1) is 0 Å². The van der Waals surface area contributed by atoms with Gasteiger partial charge in [-0.25, -0.2) is 4.79 Å². The summed E-state index contributed by atoms with van der Waals surface area (Å²) in [5, 5.41) is 7.67. The van der Waals surface area contributed by atoms with Crippen LogP contribution >= 0.6 is 11.8 Å². The largest absolute Gasteiger partial charge is 0.465 e. The molecule has 0 spiro atoms. The Morgan fingerprint density at radius 1 is 1.77 bits per heavy atom. The molecule has 3 N–H and O–H groups in total. The van der Waals surface area contributed by atoms with Crippen LogP contribution in [0.1, 0.15) is 6.42 Å². The fourth-order valence-electron chi connectivity index (χ4n) is 1.04. The zero-order valence-corrected chi connectivity index (χ0v) is 7.66. The molecule has 1 fully saturated rings. The summed E-state index contributed by atoms with van der Waals surface area (Å²) in [6.45, 7) is 0.